The van der Waals surface area contributed by atoms with Crippen LogP contribution in [0.25, 0.3) is 0 Å². The first-order valence-corrected chi connectivity index (χ1v) is 6.06. The van der Waals surface area contributed by atoms with E-state index in [1.807, 2.05) is 12.1 Å². The number of hydrogen-bond acceptors (Lipinski definition) is 4. The van der Waals surface area contributed by atoms with E-state index in [9.17, 15) is 4.79 Å². The summed E-state index contributed by atoms with van der Waals surface area (Å²) < 4.78 is 3.71. The van der Waals surface area contributed by atoms with E-state index in [2.05, 4.69) is 21.7 Å². The number of aromatic nitrogens is 2. The molecular formula is C12H10N2OS. The number of benzene rings is 1. The van der Waals surface area contributed by atoms with Gasteiger partial charge in [0.15, 0.2) is 5.78 Å². The van der Waals surface area contributed by atoms with E-state index < -0.39 is 0 Å². The third-order valence-electron chi connectivity index (χ3n) is 3.04. The summed E-state index contributed by atoms with van der Waals surface area (Å²) in [4.78, 5) is 11.8. The lowest BCUT2D eigenvalue weighted by atomic mass is 9.75. The highest BCUT2D eigenvalue weighted by Crippen LogP contribution is 2.37. The zero-order valence-corrected chi connectivity index (χ0v) is 9.41. The normalized spacial score (nSPS) is 17.6. The average molecular weight is 230 g/mol. The Morgan fingerprint density at radius 1 is 1.44 bits per heavy atom. The van der Waals surface area contributed by atoms with E-state index in [-0.39, 0.29) is 5.78 Å². The Balaban J connectivity index is 1.73. The van der Waals surface area contributed by atoms with Crippen molar-refractivity contribution in [3.63, 3.8) is 0 Å². The predicted octanol–water partition coefficient (Wildman–Crippen LogP) is 2.45. The van der Waals surface area contributed by atoms with E-state index in [1.165, 1.54) is 22.7 Å². The molecule has 0 N–H and O–H groups in total. The van der Waals surface area contributed by atoms with Gasteiger partial charge < -0.3 is 0 Å². The Bertz CT molecular complexity index is 522. The summed E-state index contributed by atoms with van der Waals surface area (Å²) in [5.41, 5.74) is 3.20. The van der Waals surface area contributed by atoms with Crippen LogP contribution in [0.3, 0.4) is 0 Å². The molecule has 0 bridgehead atoms. The van der Waals surface area contributed by atoms with Crippen molar-refractivity contribution >= 4 is 17.3 Å². The minimum Gasteiger partial charge on any atom is -0.292 e. The summed E-state index contributed by atoms with van der Waals surface area (Å²) in [6, 6.07) is 8.30. The standard InChI is InChI=1S/C12H10N2OS/c15-12(11-7-16-14-13-11)6-9-5-8-3-1-2-4-10(8)9/h1-4,7,9H,5-6H2. The minimum absolute atomic E-state index is 0.105. The van der Waals surface area contributed by atoms with E-state index in [0.717, 1.165) is 6.42 Å². The van der Waals surface area contributed by atoms with Gasteiger partial charge in [-0.05, 0) is 35.0 Å². The van der Waals surface area contributed by atoms with Gasteiger partial charge in [0.05, 0.1) is 0 Å². The van der Waals surface area contributed by atoms with Gasteiger partial charge in [0.1, 0.15) is 5.69 Å². The van der Waals surface area contributed by atoms with Gasteiger partial charge in [-0.3, -0.25) is 4.79 Å². The number of carbonyl (C=O) groups excluding carboxylic acids is 1. The lowest BCUT2D eigenvalue weighted by molar-refractivity contribution is 0.0965. The summed E-state index contributed by atoms with van der Waals surface area (Å²) in [5, 5.41) is 5.52. The molecule has 0 fully saturated rings. The Labute approximate surface area is 97.3 Å². The van der Waals surface area contributed by atoms with Gasteiger partial charge in [-0.25, -0.2) is 0 Å². The molecule has 4 heteroatoms. The van der Waals surface area contributed by atoms with Crippen LogP contribution < -0.4 is 0 Å². The van der Waals surface area contributed by atoms with Crippen LogP contribution in [-0.2, 0) is 6.42 Å². The van der Waals surface area contributed by atoms with E-state index in [1.54, 1.807) is 5.38 Å². The molecule has 1 aliphatic carbocycles. The maximum absolute atomic E-state index is 11.8. The third-order valence-corrected chi connectivity index (χ3v) is 3.54. The highest BCUT2D eigenvalue weighted by Gasteiger charge is 2.28. The second-order valence-electron chi connectivity index (χ2n) is 4.02. The topological polar surface area (TPSA) is 42.9 Å². The first-order valence-electron chi connectivity index (χ1n) is 5.22. The minimum atomic E-state index is 0.105. The summed E-state index contributed by atoms with van der Waals surface area (Å²) in [7, 11) is 0. The molecule has 2 aromatic rings. The SMILES string of the molecule is O=C(CC1Cc2ccccc21)c1csnn1. The fourth-order valence-electron chi connectivity index (χ4n) is 2.16. The Hall–Kier alpha value is -1.55. The summed E-state index contributed by atoms with van der Waals surface area (Å²) in [6.07, 6.45) is 1.57. The van der Waals surface area contributed by atoms with Crippen LogP contribution in [0.2, 0.25) is 0 Å². The predicted molar refractivity (Wildman–Crippen MR) is 61.7 cm³/mol. The van der Waals surface area contributed by atoms with Gasteiger partial charge in [0.2, 0.25) is 0 Å². The summed E-state index contributed by atoms with van der Waals surface area (Å²) >= 11 is 1.22. The van der Waals surface area contributed by atoms with Crippen molar-refractivity contribution < 1.29 is 4.79 Å². The van der Waals surface area contributed by atoms with Gasteiger partial charge in [-0.15, -0.1) is 5.10 Å². The number of rotatable bonds is 3. The fourth-order valence-corrected chi connectivity index (χ4v) is 2.62. The maximum Gasteiger partial charge on any atom is 0.184 e. The molecule has 0 spiro atoms. The van der Waals surface area contributed by atoms with Crippen molar-refractivity contribution in [3.8, 4) is 0 Å². The smallest absolute Gasteiger partial charge is 0.184 e. The number of ketones is 1. The molecule has 0 saturated carbocycles. The van der Waals surface area contributed by atoms with Crippen LogP contribution in [0, 0.1) is 0 Å². The molecular weight excluding hydrogens is 220 g/mol. The van der Waals surface area contributed by atoms with Crippen molar-refractivity contribution in [2.45, 2.75) is 18.8 Å². The van der Waals surface area contributed by atoms with Crippen LogP contribution in [0.1, 0.15) is 34.0 Å². The lowest BCUT2D eigenvalue weighted by Gasteiger charge is -2.29. The monoisotopic (exact) mass is 230 g/mol. The van der Waals surface area contributed by atoms with E-state index in [4.69, 9.17) is 0 Å². The van der Waals surface area contributed by atoms with Gasteiger partial charge in [-0.2, -0.15) is 0 Å². The molecule has 0 radical (unpaired) electrons. The summed E-state index contributed by atoms with van der Waals surface area (Å²) in [5.74, 6) is 0.485. The highest BCUT2D eigenvalue weighted by molar-refractivity contribution is 7.03. The number of nitrogens with zero attached hydrogens (tertiary/aromatic N) is 2. The first-order chi connectivity index (χ1) is 7.84. The molecule has 80 valence electrons. The molecule has 1 heterocycles. The molecule has 16 heavy (non-hydrogen) atoms. The van der Waals surface area contributed by atoms with Crippen molar-refractivity contribution in [2.75, 3.05) is 0 Å². The van der Waals surface area contributed by atoms with Gasteiger partial charge in [-0.1, -0.05) is 28.8 Å². The number of fused-ring (bicyclic) bond motifs is 1. The zero-order chi connectivity index (χ0) is 11.0. The summed E-state index contributed by atoms with van der Waals surface area (Å²) in [6.45, 7) is 0. The number of carbonyl (C=O) groups is 1. The molecule has 0 saturated heterocycles. The Kier molecular flexibility index (Phi) is 2.29. The second kappa shape index (κ2) is 3.79. The van der Waals surface area contributed by atoms with Crippen LogP contribution in [0.4, 0.5) is 0 Å². The molecule has 3 nitrogen and oxygen atoms in total. The van der Waals surface area contributed by atoms with Crippen molar-refractivity contribution in [2.24, 2.45) is 0 Å². The second-order valence-corrected chi connectivity index (χ2v) is 4.63. The van der Waals surface area contributed by atoms with Gasteiger partial charge >= 0.3 is 0 Å². The van der Waals surface area contributed by atoms with Crippen LogP contribution in [0.5, 0.6) is 0 Å². The first kappa shape index (κ1) is 9.66. The maximum atomic E-state index is 11.8. The molecule has 1 aromatic carbocycles. The van der Waals surface area contributed by atoms with E-state index >= 15 is 0 Å². The Morgan fingerprint density at radius 2 is 2.31 bits per heavy atom. The van der Waals surface area contributed by atoms with Crippen LogP contribution in [-0.4, -0.2) is 15.4 Å². The molecule has 1 atom stereocenters. The lowest BCUT2D eigenvalue weighted by Crippen LogP contribution is -2.20. The molecule has 3 rings (SSSR count). The van der Waals surface area contributed by atoms with Gasteiger partial charge in [0.25, 0.3) is 0 Å². The van der Waals surface area contributed by atoms with Crippen molar-refractivity contribution in [1.29, 1.82) is 0 Å². The molecule has 0 aliphatic heterocycles. The molecule has 0 amide bonds. The quantitative estimate of drug-likeness (QED) is 0.761. The molecule has 1 aromatic heterocycles. The van der Waals surface area contributed by atoms with Gasteiger partial charge in [0, 0.05) is 11.8 Å². The van der Waals surface area contributed by atoms with Crippen molar-refractivity contribution in [3.05, 3.63) is 46.5 Å². The number of hydrogen-bond donors (Lipinski definition) is 0. The molecule has 1 unspecified atom stereocenters. The van der Waals surface area contributed by atoms with Crippen molar-refractivity contribution in [1.82, 2.24) is 9.59 Å². The Morgan fingerprint density at radius 3 is 3.06 bits per heavy atom. The largest absolute Gasteiger partial charge is 0.292 e. The number of Topliss-reactive ketones (excluding diaryl/α,β-unsaturated/α-hetero) is 1. The van der Waals surface area contributed by atoms with E-state index in [0.29, 0.717) is 18.0 Å². The van der Waals surface area contributed by atoms with Crippen LogP contribution >= 0.6 is 11.5 Å². The fraction of sp³-hybridized carbons (Fsp3) is 0.250. The zero-order valence-electron chi connectivity index (χ0n) is 8.59. The average Bonchev–Trinajstić information content (AvgIpc) is 2.79. The highest BCUT2D eigenvalue weighted by atomic mass is 32.1. The molecule has 1 aliphatic rings. The van der Waals surface area contributed by atoms with Crippen LogP contribution in [0.15, 0.2) is 29.6 Å². The third kappa shape index (κ3) is 1.55.